The molecule has 0 atom stereocenters. The van der Waals surface area contributed by atoms with Gasteiger partial charge in [0.05, 0.1) is 0 Å². The van der Waals surface area contributed by atoms with Crippen molar-refractivity contribution in [2.45, 2.75) is 0 Å². The Balaban J connectivity index is -0.0000000575. The first-order valence-corrected chi connectivity index (χ1v) is 2.03. The molecule has 0 aliphatic carbocycles. The topological polar surface area (TPSA) is 112 Å². The maximum absolute atomic E-state index is 7.13. The van der Waals surface area contributed by atoms with E-state index in [9.17, 15) is 0 Å². The second kappa shape index (κ2) is 16.2. The maximum atomic E-state index is 7.13. The number of nitriles is 1. The second-order valence-electron chi connectivity index (χ2n) is 0.494. The van der Waals surface area contributed by atoms with E-state index >= 15 is 0 Å². The Bertz CT molecular complexity index is 80.5. The van der Waals surface area contributed by atoms with E-state index < -0.39 is 0 Å². The normalized spacial score (nSPS) is 3.88. The molecular formula is C2H8N4S2. The zero-order valence-corrected chi connectivity index (χ0v) is 6.05. The minimum Gasteiger partial charge on any atom is -0.696 e. The van der Waals surface area contributed by atoms with Crippen molar-refractivity contribution in [3.05, 3.63) is 0 Å². The molecule has 0 aromatic carbocycles. The van der Waals surface area contributed by atoms with Crippen molar-refractivity contribution >= 4 is 30.0 Å². The van der Waals surface area contributed by atoms with Crippen molar-refractivity contribution in [1.82, 2.24) is 6.15 Å². The highest BCUT2D eigenvalue weighted by molar-refractivity contribution is 7.80. The fourth-order valence-electron chi connectivity index (χ4n) is 0. The van der Waals surface area contributed by atoms with Crippen LogP contribution in [0.1, 0.15) is 0 Å². The number of thiocyanates is 1. The third-order valence-corrected chi connectivity index (χ3v) is 0. The van der Waals surface area contributed by atoms with Gasteiger partial charge in [0.25, 0.3) is 0 Å². The van der Waals surface area contributed by atoms with Gasteiger partial charge in [-0.05, 0) is 12.2 Å². The third kappa shape index (κ3) is 249. The van der Waals surface area contributed by atoms with Crippen LogP contribution in [0.4, 0.5) is 0 Å². The average Bonchev–Trinajstić information content (AvgIpc) is 1.33. The quantitative estimate of drug-likeness (QED) is 0.248. The van der Waals surface area contributed by atoms with Crippen LogP contribution >= 0.6 is 12.2 Å². The number of quaternary nitrogens is 1. The van der Waals surface area contributed by atoms with E-state index in [0.717, 1.165) is 0 Å². The Hall–Kier alpha value is -0.640. The van der Waals surface area contributed by atoms with Gasteiger partial charge in [-0.15, -0.1) is 0 Å². The van der Waals surface area contributed by atoms with Crippen LogP contribution in [0.25, 0.3) is 0 Å². The lowest BCUT2D eigenvalue weighted by atomic mass is 11.3. The van der Waals surface area contributed by atoms with Gasteiger partial charge in [0.1, 0.15) is 0 Å². The molecule has 0 aromatic heterocycles. The van der Waals surface area contributed by atoms with Crippen LogP contribution in [0.3, 0.4) is 0 Å². The molecule has 0 aromatic rings. The van der Waals surface area contributed by atoms with Gasteiger partial charge < -0.3 is 30.2 Å². The second-order valence-corrected chi connectivity index (χ2v) is 1.15. The van der Waals surface area contributed by atoms with Crippen LogP contribution in [0.5, 0.6) is 0 Å². The lowest BCUT2D eigenvalue weighted by molar-refractivity contribution is 1.57. The Labute approximate surface area is 58.8 Å². The van der Waals surface area contributed by atoms with E-state index in [4.69, 9.17) is 5.26 Å². The fraction of sp³-hybridized carbons (Fsp3) is 0. The number of thiocarbonyl (C=S) groups is 1. The molecule has 0 aliphatic rings. The van der Waals surface area contributed by atoms with Crippen LogP contribution < -0.4 is 17.6 Å². The third-order valence-electron chi connectivity index (χ3n) is 0. The predicted octanol–water partition coefficient (Wildman–Crippen LogP) is -0.421. The van der Waals surface area contributed by atoms with E-state index in [0.29, 0.717) is 0 Å². The van der Waals surface area contributed by atoms with Gasteiger partial charge in [-0.3, -0.25) is 0 Å². The van der Waals surface area contributed by atoms with Crippen LogP contribution in [0.2, 0.25) is 0 Å². The molecule has 0 unspecified atom stereocenters. The van der Waals surface area contributed by atoms with Gasteiger partial charge >= 0.3 is 0 Å². The van der Waals surface area contributed by atoms with E-state index in [1.165, 1.54) is 5.40 Å². The summed E-state index contributed by atoms with van der Waals surface area (Å²) in [6.07, 6.45) is 0. The smallest absolute Gasteiger partial charge is 0.160 e. The molecule has 0 bridgehead atoms. The van der Waals surface area contributed by atoms with Crippen LogP contribution in [0.15, 0.2) is 0 Å². The summed E-state index contributed by atoms with van der Waals surface area (Å²) in [5.74, 6) is 0. The van der Waals surface area contributed by atoms with Gasteiger partial charge in [0, 0.05) is 0 Å². The first-order valence-electron chi connectivity index (χ1n) is 1.21. The van der Waals surface area contributed by atoms with Crippen molar-refractivity contribution < 1.29 is 0 Å². The van der Waals surface area contributed by atoms with Gasteiger partial charge in [0.15, 0.2) is 5.11 Å². The molecule has 0 fully saturated rings. The van der Waals surface area contributed by atoms with Gasteiger partial charge in [0.2, 0.25) is 0 Å². The molecule has 6 heteroatoms. The lowest BCUT2D eigenvalue weighted by Crippen LogP contribution is -2.18. The van der Waals surface area contributed by atoms with Crippen molar-refractivity contribution in [3.63, 3.8) is 0 Å². The summed E-state index contributed by atoms with van der Waals surface area (Å²) in [7, 11) is 0. The molecule has 0 aliphatic heterocycles. The van der Waals surface area contributed by atoms with E-state index in [-0.39, 0.29) is 11.3 Å². The summed E-state index contributed by atoms with van der Waals surface area (Å²) < 4.78 is 0. The number of rotatable bonds is 0. The Morgan fingerprint density at radius 3 is 1.62 bits per heavy atom. The minimum atomic E-state index is 0. The summed E-state index contributed by atoms with van der Waals surface area (Å²) in [6.45, 7) is 0. The summed E-state index contributed by atoms with van der Waals surface area (Å²) >= 11 is 7.79. The van der Waals surface area contributed by atoms with Crippen LogP contribution in [0, 0.1) is 10.7 Å². The average molecular weight is 152 g/mol. The number of nitrogens with zero attached hydrogens (tertiary/aromatic N) is 1. The summed E-state index contributed by atoms with van der Waals surface area (Å²) in [5.41, 5.74) is 9.24. The standard InChI is InChI=1S/CH4N2S.CHNS.H3N/c2-1(3)4;2-1-3;/h(H4,2,3,4);3H;1H3. The molecule has 8 heavy (non-hydrogen) atoms. The first-order chi connectivity index (χ1) is 3.15. The van der Waals surface area contributed by atoms with Crippen molar-refractivity contribution in [1.29, 1.82) is 5.26 Å². The Morgan fingerprint density at radius 1 is 1.62 bits per heavy atom. The van der Waals surface area contributed by atoms with Crippen molar-refractivity contribution in [3.8, 4) is 5.40 Å². The molecular weight excluding hydrogens is 144 g/mol. The van der Waals surface area contributed by atoms with E-state index in [1.807, 2.05) is 0 Å². The molecule has 0 radical (unpaired) electrons. The number of nitrogens with two attached hydrogens (primary N) is 2. The zero-order chi connectivity index (χ0) is 6.28. The first kappa shape index (κ1) is 15.7. The highest BCUT2D eigenvalue weighted by Gasteiger charge is 1.53. The molecule has 0 saturated carbocycles. The minimum absolute atomic E-state index is 0. The Kier molecular flexibility index (Phi) is 31.7. The molecule has 0 saturated heterocycles. The van der Waals surface area contributed by atoms with Gasteiger partial charge in [-0.1, -0.05) is 5.40 Å². The monoisotopic (exact) mass is 152 g/mol. The number of hydrogen-bond donors (Lipinski definition) is 3. The number of hydrogen-bond acceptors (Lipinski definition) is 3. The largest absolute Gasteiger partial charge is 0.696 e. The van der Waals surface area contributed by atoms with E-state index in [1.54, 1.807) is 0 Å². The molecule has 0 rings (SSSR count). The van der Waals surface area contributed by atoms with Crippen molar-refractivity contribution in [2.75, 3.05) is 0 Å². The summed E-state index contributed by atoms with van der Waals surface area (Å²) in [6, 6.07) is 0. The zero-order valence-electron chi connectivity index (χ0n) is 4.42. The Morgan fingerprint density at radius 2 is 1.62 bits per heavy atom. The van der Waals surface area contributed by atoms with Crippen LogP contribution in [-0.2, 0) is 12.6 Å². The predicted molar refractivity (Wildman–Crippen MR) is 39.9 cm³/mol. The van der Waals surface area contributed by atoms with Crippen molar-refractivity contribution in [2.24, 2.45) is 11.5 Å². The summed E-state index contributed by atoms with van der Waals surface area (Å²) in [4.78, 5) is 0. The van der Waals surface area contributed by atoms with E-state index in [2.05, 4.69) is 36.3 Å². The lowest BCUT2D eigenvalue weighted by Gasteiger charge is -1.68. The van der Waals surface area contributed by atoms with Gasteiger partial charge in [-0.2, -0.15) is 0 Å². The highest BCUT2D eigenvalue weighted by atomic mass is 32.1. The molecule has 48 valence electrons. The fourth-order valence-corrected chi connectivity index (χ4v) is 0. The SMILES string of the molecule is N#C[S-].NC(N)=S.[NH4+]. The maximum Gasteiger partial charge on any atom is 0.160 e. The molecule has 8 N–H and O–H groups in total. The van der Waals surface area contributed by atoms with Crippen LogP contribution in [-0.4, -0.2) is 5.11 Å². The molecule has 0 spiro atoms. The highest BCUT2D eigenvalue weighted by Crippen LogP contribution is 1.32. The molecule has 0 amide bonds. The molecule has 0 heterocycles. The van der Waals surface area contributed by atoms with Gasteiger partial charge in [-0.25, -0.2) is 5.26 Å². The summed E-state index contributed by atoms with van der Waals surface area (Å²) in [5, 5.41) is 8.47. The molecule has 4 nitrogen and oxygen atoms in total.